The van der Waals surface area contributed by atoms with Crippen molar-refractivity contribution in [3.05, 3.63) is 101 Å². The Bertz CT molecular complexity index is 1360. The van der Waals surface area contributed by atoms with Crippen LogP contribution in [0.25, 0.3) is 22.3 Å². The Kier molecular flexibility index (Phi) is 8.54. The lowest BCUT2D eigenvalue weighted by Crippen LogP contribution is -2.02. The maximum Gasteiger partial charge on any atom is 0.201 e. The van der Waals surface area contributed by atoms with Crippen molar-refractivity contribution in [2.24, 2.45) is 0 Å². The molecule has 0 unspecified atom stereocenters. The van der Waals surface area contributed by atoms with Crippen molar-refractivity contribution in [2.45, 2.75) is 46.0 Å². The minimum absolute atomic E-state index is 0.0934. The molecule has 0 aliphatic heterocycles. The number of unbranched alkanes of at least 4 members (excludes halogenated alkanes) is 2. The Morgan fingerprint density at radius 3 is 2.03 bits per heavy atom. The zero-order chi connectivity index (χ0) is 26.4. The molecular weight excluding hydrogens is 480 g/mol. The molecule has 192 valence electrons. The third kappa shape index (κ3) is 6.16. The number of nitrogens with zero attached hydrogens (tertiary/aromatic N) is 2. The van der Waals surface area contributed by atoms with Crippen LogP contribution >= 0.6 is 0 Å². The molecule has 0 saturated carbocycles. The number of rotatable bonds is 10. The average Bonchev–Trinajstić information content (AvgIpc) is 2.91. The molecule has 3 nitrogen and oxygen atoms in total. The Balaban J connectivity index is 1.43. The summed E-state index contributed by atoms with van der Waals surface area (Å²) in [5.74, 6) is -3.35. The van der Waals surface area contributed by atoms with Crippen molar-refractivity contribution in [1.29, 1.82) is 0 Å². The van der Waals surface area contributed by atoms with Gasteiger partial charge in [0.2, 0.25) is 5.82 Å². The number of ether oxygens (including phenoxy) is 1. The van der Waals surface area contributed by atoms with Crippen molar-refractivity contribution in [3.8, 4) is 28.0 Å². The Morgan fingerprint density at radius 2 is 1.32 bits per heavy atom. The zero-order valence-corrected chi connectivity index (χ0v) is 20.8. The van der Waals surface area contributed by atoms with Crippen LogP contribution in [0.3, 0.4) is 0 Å². The van der Waals surface area contributed by atoms with E-state index in [9.17, 15) is 17.6 Å². The summed E-state index contributed by atoms with van der Waals surface area (Å²) in [4.78, 5) is 8.07. The fourth-order valence-electron chi connectivity index (χ4n) is 4.07. The fraction of sp³-hybridized carbons (Fsp3) is 0.267. The van der Waals surface area contributed by atoms with Crippen LogP contribution in [0.1, 0.15) is 43.1 Å². The Labute approximate surface area is 214 Å². The summed E-state index contributed by atoms with van der Waals surface area (Å²) in [5.41, 5.74) is 2.27. The van der Waals surface area contributed by atoms with Gasteiger partial charge in [-0.2, -0.15) is 4.39 Å². The first kappa shape index (κ1) is 26.3. The quantitative estimate of drug-likeness (QED) is 0.161. The van der Waals surface area contributed by atoms with Gasteiger partial charge in [0.15, 0.2) is 23.2 Å². The standard InChI is InChI=1S/C30H28F4N2O/c1-3-4-5-16-37-26-15-14-24(29(33)30(26)34)21-9-6-20(7-10-21)8-11-22-12-13-25(28(32)27(22)31)23-17-35-19(2)36-18-23/h6-7,9-10,12-15,17-18H,3-5,8,11,16H2,1-2H3. The van der Waals surface area contributed by atoms with Gasteiger partial charge >= 0.3 is 0 Å². The summed E-state index contributed by atoms with van der Waals surface area (Å²) in [6.07, 6.45) is 6.41. The third-order valence-corrected chi connectivity index (χ3v) is 6.25. The highest BCUT2D eigenvalue weighted by Gasteiger charge is 2.17. The SMILES string of the molecule is CCCCCOc1ccc(-c2ccc(CCc3ccc(-c4cnc(C)nc4)c(F)c3F)cc2)c(F)c1F. The van der Waals surface area contributed by atoms with Crippen molar-refractivity contribution < 1.29 is 22.3 Å². The molecule has 0 N–H and O–H groups in total. The first-order chi connectivity index (χ1) is 17.9. The number of aromatic nitrogens is 2. The molecule has 1 aromatic heterocycles. The normalized spacial score (nSPS) is 11.1. The maximum atomic E-state index is 14.7. The van der Waals surface area contributed by atoms with Gasteiger partial charge in [-0.1, -0.05) is 56.2 Å². The van der Waals surface area contributed by atoms with E-state index in [-0.39, 0.29) is 28.9 Å². The summed E-state index contributed by atoms with van der Waals surface area (Å²) in [6.45, 7) is 4.11. The first-order valence-corrected chi connectivity index (χ1v) is 12.3. The van der Waals surface area contributed by atoms with E-state index in [1.54, 1.807) is 37.3 Å². The molecular formula is C30H28F4N2O. The van der Waals surface area contributed by atoms with Crippen LogP contribution in [0.4, 0.5) is 17.6 Å². The van der Waals surface area contributed by atoms with E-state index >= 15 is 0 Å². The van der Waals surface area contributed by atoms with Crippen molar-refractivity contribution in [1.82, 2.24) is 9.97 Å². The highest BCUT2D eigenvalue weighted by molar-refractivity contribution is 5.66. The minimum Gasteiger partial charge on any atom is -0.490 e. The van der Waals surface area contributed by atoms with Gasteiger partial charge in [-0.3, -0.25) is 0 Å². The molecule has 37 heavy (non-hydrogen) atoms. The largest absolute Gasteiger partial charge is 0.490 e. The van der Waals surface area contributed by atoms with Gasteiger partial charge in [0, 0.05) is 29.1 Å². The molecule has 0 bridgehead atoms. The van der Waals surface area contributed by atoms with Crippen LogP contribution in [0, 0.1) is 30.2 Å². The molecule has 3 aromatic carbocycles. The molecule has 0 aliphatic rings. The number of halogens is 4. The van der Waals surface area contributed by atoms with E-state index in [4.69, 9.17) is 4.74 Å². The van der Waals surface area contributed by atoms with E-state index in [0.717, 1.165) is 24.8 Å². The second kappa shape index (κ2) is 12.0. The minimum atomic E-state index is -1.00. The summed E-state index contributed by atoms with van der Waals surface area (Å²) in [7, 11) is 0. The van der Waals surface area contributed by atoms with Gasteiger partial charge in [-0.05, 0) is 55.0 Å². The summed E-state index contributed by atoms with van der Waals surface area (Å²) in [6, 6.07) is 12.9. The second-order valence-electron chi connectivity index (χ2n) is 8.91. The van der Waals surface area contributed by atoms with Crippen LogP contribution in [0.2, 0.25) is 0 Å². The van der Waals surface area contributed by atoms with Crippen LogP contribution in [-0.4, -0.2) is 16.6 Å². The van der Waals surface area contributed by atoms with Crippen molar-refractivity contribution >= 4 is 0 Å². The highest BCUT2D eigenvalue weighted by Crippen LogP contribution is 2.31. The van der Waals surface area contributed by atoms with Gasteiger partial charge in [-0.25, -0.2) is 23.1 Å². The smallest absolute Gasteiger partial charge is 0.201 e. The van der Waals surface area contributed by atoms with E-state index in [1.165, 1.54) is 30.6 Å². The molecule has 1 heterocycles. The zero-order valence-electron chi connectivity index (χ0n) is 20.8. The van der Waals surface area contributed by atoms with Gasteiger partial charge < -0.3 is 4.74 Å². The summed E-state index contributed by atoms with van der Waals surface area (Å²) in [5, 5.41) is 0. The average molecular weight is 509 g/mol. The van der Waals surface area contributed by atoms with Crippen LogP contribution in [0.15, 0.2) is 60.9 Å². The maximum absolute atomic E-state index is 14.7. The van der Waals surface area contributed by atoms with Crippen LogP contribution in [0.5, 0.6) is 5.75 Å². The van der Waals surface area contributed by atoms with Crippen molar-refractivity contribution in [2.75, 3.05) is 6.61 Å². The molecule has 0 amide bonds. The van der Waals surface area contributed by atoms with E-state index in [2.05, 4.69) is 16.9 Å². The molecule has 0 radical (unpaired) electrons. The van der Waals surface area contributed by atoms with Crippen LogP contribution in [-0.2, 0) is 12.8 Å². The lowest BCUT2D eigenvalue weighted by Gasteiger charge is -2.11. The van der Waals surface area contributed by atoms with E-state index in [1.807, 2.05) is 0 Å². The summed E-state index contributed by atoms with van der Waals surface area (Å²) < 4.78 is 64.0. The van der Waals surface area contributed by atoms with Gasteiger partial charge in [0.1, 0.15) is 5.82 Å². The number of aryl methyl sites for hydroxylation is 3. The first-order valence-electron chi connectivity index (χ1n) is 12.3. The molecule has 0 spiro atoms. The summed E-state index contributed by atoms with van der Waals surface area (Å²) >= 11 is 0. The Hall–Kier alpha value is -3.74. The van der Waals surface area contributed by atoms with E-state index in [0.29, 0.717) is 30.0 Å². The third-order valence-electron chi connectivity index (χ3n) is 6.25. The number of benzene rings is 3. The second-order valence-corrected chi connectivity index (χ2v) is 8.91. The molecule has 0 fully saturated rings. The molecule has 7 heteroatoms. The lowest BCUT2D eigenvalue weighted by molar-refractivity contribution is 0.286. The monoisotopic (exact) mass is 508 g/mol. The van der Waals surface area contributed by atoms with Crippen molar-refractivity contribution in [3.63, 3.8) is 0 Å². The number of hydrogen-bond acceptors (Lipinski definition) is 3. The predicted octanol–water partition coefficient (Wildman–Crippen LogP) is 8.03. The Morgan fingerprint density at radius 1 is 0.676 bits per heavy atom. The van der Waals surface area contributed by atoms with Gasteiger partial charge in [0.25, 0.3) is 0 Å². The van der Waals surface area contributed by atoms with E-state index < -0.39 is 23.3 Å². The van der Waals surface area contributed by atoms with Gasteiger partial charge in [0.05, 0.1) is 6.61 Å². The fourth-order valence-corrected chi connectivity index (χ4v) is 4.07. The molecule has 0 aliphatic carbocycles. The lowest BCUT2D eigenvalue weighted by atomic mass is 9.98. The number of hydrogen-bond donors (Lipinski definition) is 0. The molecule has 0 saturated heterocycles. The van der Waals surface area contributed by atoms with Crippen LogP contribution < -0.4 is 4.74 Å². The molecule has 4 rings (SSSR count). The predicted molar refractivity (Wildman–Crippen MR) is 136 cm³/mol. The topological polar surface area (TPSA) is 35.0 Å². The molecule has 4 aromatic rings. The molecule has 0 atom stereocenters. The highest BCUT2D eigenvalue weighted by atomic mass is 19.2. The van der Waals surface area contributed by atoms with Gasteiger partial charge in [-0.15, -0.1) is 0 Å².